The van der Waals surface area contributed by atoms with Crippen LogP contribution in [0.4, 0.5) is 0 Å². The van der Waals surface area contributed by atoms with Gasteiger partial charge in [0, 0.05) is 18.8 Å². The molecule has 3 heterocycles. The van der Waals surface area contributed by atoms with Gasteiger partial charge in [0.2, 0.25) is 0 Å². The maximum Gasteiger partial charge on any atom is 0.0809 e. The van der Waals surface area contributed by atoms with Crippen LogP contribution in [0, 0.1) is 0 Å². The van der Waals surface area contributed by atoms with Crippen LogP contribution in [0.5, 0.6) is 0 Å². The topological polar surface area (TPSA) is 48.1 Å². The summed E-state index contributed by atoms with van der Waals surface area (Å²) >= 11 is 1.72. The predicted octanol–water partition coefficient (Wildman–Crippen LogP) is 3.26. The van der Waals surface area contributed by atoms with Crippen molar-refractivity contribution in [1.29, 1.82) is 0 Å². The van der Waals surface area contributed by atoms with E-state index in [1.165, 1.54) is 17.5 Å². The normalized spacial score (nSPS) is 21.5. The summed E-state index contributed by atoms with van der Waals surface area (Å²) in [7, 11) is 0. The molecule has 2 atom stereocenters. The van der Waals surface area contributed by atoms with Crippen molar-refractivity contribution in [3.05, 3.63) is 29.3 Å². The Morgan fingerprint density at radius 1 is 1.56 bits per heavy atom. The first-order chi connectivity index (χ1) is 8.83. The zero-order valence-electron chi connectivity index (χ0n) is 10.3. The molecule has 0 radical (unpaired) electrons. The van der Waals surface area contributed by atoms with Crippen molar-refractivity contribution in [3.63, 3.8) is 0 Å². The standard InChI is InChI=1S/C14H18N2OS/c15-12(4-3-11-2-1-6-17-11)10-8-14-13(16-9-10)5-7-18-14/h5,7-9,11-12H,1-4,6,15H2. The number of rotatable bonds is 4. The average molecular weight is 262 g/mol. The van der Waals surface area contributed by atoms with Crippen LogP contribution >= 0.6 is 11.3 Å². The van der Waals surface area contributed by atoms with Crippen molar-refractivity contribution >= 4 is 21.6 Å². The summed E-state index contributed by atoms with van der Waals surface area (Å²) in [6, 6.07) is 4.29. The number of aromatic nitrogens is 1. The third-order valence-corrected chi connectivity index (χ3v) is 4.43. The zero-order chi connectivity index (χ0) is 12.4. The Kier molecular flexibility index (Phi) is 3.59. The highest BCUT2D eigenvalue weighted by Gasteiger charge is 2.17. The lowest BCUT2D eigenvalue weighted by molar-refractivity contribution is 0.101. The molecule has 18 heavy (non-hydrogen) atoms. The monoisotopic (exact) mass is 262 g/mol. The largest absolute Gasteiger partial charge is 0.378 e. The van der Waals surface area contributed by atoms with E-state index in [0.29, 0.717) is 6.10 Å². The highest BCUT2D eigenvalue weighted by atomic mass is 32.1. The van der Waals surface area contributed by atoms with Crippen molar-refractivity contribution in [2.75, 3.05) is 6.61 Å². The van der Waals surface area contributed by atoms with Crippen LogP contribution < -0.4 is 5.73 Å². The Labute approximate surface area is 111 Å². The minimum Gasteiger partial charge on any atom is -0.378 e. The molecule has 1 saturated heterocycles. The van der Waals surface area contributed by atoms with Crippen LogP contribution in [0.25, 0.3) is 10.2 Å². The van der Waals surface area contributed by atoms with Gasteiger partial charge in [0.05, 0.1) is 16.3 Å². The van der Waals surface area contributed by atoms with E-state index in [2.05, 4.69) is 16.4 Å². The molecule has 2 unspecified atom stereocenters. The quantitative estimate of drug-likeness (QED) is 0.920. The second-order valence-corrected chi connectivity index (χ2v) is 5.84. The van der Waals surface area contributed by atoms with E-state index in [1.807, 2.05) is 12.3 Å². The van der Waals surface area contributed by atoms with Gasteiger partial charge >= 0.3 is 0 Å². The van der Waals surface area contributed by atoms with Crippen molar-refractivity contribution in [3.8, 4) is 0 Å². The number of pyridine rings is 1. The van der Waals surface area contributed by atoms with Gasteiger partial charge in [-0.15, -0.1) is 11.3 Å². The molecule has 0 spiro atoms. The number of thiophene rings is 1. The Balaban J connectivity index is 1.65. The van der Waals surface area contributed by atoms with Crippen LogP contribution in [-0.4, -0.2) is 17.7 Å². The number of nitrogens with zero attached hydrogens (tertiary/aromatic N) is 1. The fraction of sp³-hybridized carbons (Fsp3) is 0.500. The van der Waals surface area contributed by atoms with Gasteiger partial charge in [-0.05, 0) is 48.8 Å². The zero-order valence-corrected chi connectivity index (χ0v) is 11.2. The van der Waals surface area contributed by atoms with Crippen LogP contribution in [-0.2, 0) is 4.74 Å². The maximum absolute atomic E-state index is 6.24. The third-order valence-electron chi connectivity index (χ3n) is 3.58. The lowest BCUT2D eigenvalue weighted by Crippen LogP contribution is -2.14. The van der Waals surface area contributed by atoms with E-state index in [-0.39, 0.29) is 6.04 Å². The van der Waals surface area contributed by atoms with E-state index in [0.717, 1.165) is 30.5 Å². The summed E-state index contributed by atoms with van der Waals surface area (Å²) in [4.78, 5) is 4.44. The molecule has 4 heteroatoms. The molecule has 0 amide bonds. The highest BCUT2D eigenvalue weighted by molar-refractivity contribution is 7.17. The first-order valence-electron chi connectivity index (χ1n) is 6.53. The van der Waals surface area contributed by atoms with E-state index in [4.69, 9.17) is 10.5 Å². The molecule has 0 aromatic carbocycles. The summed E-state index contributed by atoms with van der Waals surface area (Å²) in [5, 5.41) is 2.07. The number of ether oxygens (including phenoxy) is 1. The average Bonchev–Trinajstić information content (AvgIpc) is 3.05. The smallest absolute Gasteiger partial charge is 0.0809 e. The van der Waals surface area contributed by atoms with Crippen LogP contribution in [0.3, 0.4) is 0 Å². The molecule has 0 bridgehead atoms. The fourth-order valence-corrected chi connectivity index (χ4v) is 3.26. The summed E-state index contributed by atoms with van der Waals surface area (Å²) in [5.74, 6) is 0. The predicted molar refractivity (Wildman–Crippen MR) is 74.8 cm³/mol. The number of hydrogen-bond donors (Lipinski definition) is 1. The molecule has 3 rings (SSSR count). The molecule has 2 aromatic heterocycles. The molecule has 96 valence electrons. The number of fused-ring (bicyclic) bond motifs is 1. The Bertz CT molecular complexity index is 519. The van der Waals surface area contributed by atoms with Crippen molar-refractivity contribution in [2.45, 2.75) is 37.8 Å². The van der Waals surface area contributed by atoms with Crippen molar-refractivity contribution < 1.29 is 4.74 Å². The van der Waals surface area contributed by atoms with Gasteiger partial charge in [-0.1, -0.05) is 0 Å². The first-order valence-corrected chi connectivity index (χ1v) is 7.41. The first kappa shape index (κ1) is 12.1. The highest BCUT2D eigenvalue weighted by Crippen LogP contribution is 2.25. The molecular formula is C14H18N2OS. The van der Waals surface area contributed by atoms with Gasteiger partial charge in [0.1, 0.15) is 0 Å². The Morgan fingerprint density at radius 2 is 2.50 bits per heavy atom. The van der Waals surface area contributed by atoms with Gasteiger partial charge in [-0.3, -0.25) is 4.98 Å². The van der Waals surface area contributed by atoms with Gasteiger partial charge in [0.25, 0.3) is 0 Å². The minimum atomic E-state index is 0.0770. The van der Waals surface area contributed by atoms with Gasteiger partial charge < -0.3 is 10.5 Å². The molecule has 0 saturated carbocycles. The number of hydrogen-bond acceptors (Lipinski definition) is 4. The second kappa shape index (κ2) is 5.34. The SMILES string of the molecule is NC(CCC1CCCO1)c1cnc2ccsc2c1. The lowest BCUT2D eigenvalue weighted by atomic mass is 10.0. The molecule has 0 aliphatic carbocycles. The summed E-state index contributed by atoms with van der Waals surface area (Å²) in [6.45, 7) is 0.919. The van der Waals surface area contributed by atoms with E-state index in [1.54, 1.807) is 11.3 Å². The van der Waals surface area contributed by atoms with Gasteiger partial charge in [-0.2, -0.15) is 0 Å². The molecule has 3 nitrogen and oxygen atoms in total. The van der Waals surface area contributed by atoms with E-state index >= 15 is 0 Å². The molecular weight excluding hydrogens is 244 g/mol. The maximum atomic E-state index is 6.24. The third kappa shape index (κ3) is 2.55. The summed E-state index contributed by atoms with van der Waals surface area (Å²) < 4.78 is 6.85. The van der Waals surface area contributed by atoms with Gasteiger partial charge in [0.15, 0.2) is 0 Å². The molecule has 1 fully saturated rings. The molecule has 2 N–H and O–H groups in total. The van der Waals surface area contributed by atoms with Crippen molar-refractivity contribution in [1.82, 2.24) is 4.98 Å². The lowest BCUT2D eigenvalue weighted by Gasteiger charge is -2.14. The van der Waals surface area contributed by atoms with Crippen LogP contribution in [0.2, 0.25) is 0 Å². The molecule has 2 aromatic rings. The molecule has 1 aliphatic heterocycles. The second-order valence-electron chi connectivity index (χ2n) is 4.89. The Hall–Kier alpha value is -0.970. The van der Waals surface area contributed by atoms with Crippen LogP contribution in [0.1, 0.15) is 37.3 Å². The Morgan fingerprint density at radius 3 is 3.33 bits per heavy atom. The summed E-state index contributed by atoms with van der Waals surface area (Å²) in [5.41, 5.74) is 8.45. The van der Waals surface area contributed by atoms with Gasteiger partial charge in [-0.25, -0.2) is 0 Å². The van der Waals surface area contributed by atoms with E-state index in [9.17, 15) is 0 Å². The van der Waals surface area contributed by atoms with Crippen molar-refractivity contribution in [2.24, 2.45) is 5.73 Å². The fourth-order valence-electron chi connectivity index (χ4n) is 2.47. The van der Waals surface area contributed by atoms with Crippen LogP contribution in [0.15, 0.2) is 23.7 Å². The van der Waals surface area contributed by atoms with E-state index < -0.39 is 0 Å². The summed E-state index contributed by atoms with van der Waals surface area (Å²) in [6.07, 6.45) is 6.76. The minimum absolute atomic E-state index is 0.0770. The number of nitrogens with two attached hydrogens (primary N) is 1. The molecule has 1 aliphatic rings.